The molecule has 0 aliphatic rings. The lowest BCUT2D eigenvalue weighted by molar-refractivity contribution is -0.139. The molecule has 0 heterocycles. The van der Waals surface area contributed by atoms with E-state index in [1.807, 2.05) is 30.3 Å². The Kier molecular flexibility index (Phi) is 8.08. The van der Waals surface area contributed by atoms with E-state index in [4.69, 9.17) is 17.3 Å². The Labute approximate surface area is 114 Å². The molecule has 0 aliphatic heterocycles. The summed E-state index contributed by atoms with van der Waals surface area (Å²) in [6.45, 7) is 7.03. The minimum atomic E-state index is -0.460. The summed E-state index contributed by atoms with van der Waals surface area (Å²) < 4.78 is 4.67. The van der Waals surface area contributed by atoms with Crippen LogP contribution in [-0.4, -0.2) is 18.1 Å². The molecule has 100 valence electrons. The van der Waals surface area contributed by atoms with Crippen molar-refractivity contribution in [2.75, 3.05) is 6.61 Å². The molecule has 1 aromatic rings. The number of hydrogen-bond acceptors (Lipinski definition) is 3. The highest BCUT2D eigenvalue weighted by molar-refractivity contribution is 6.17. The lowest BCUT2D eigenvalue weighted by Crippen LogP contribution is -2.38. The average Bonchev–Trinajstić information content (AvgIpc) is 2.36. The van der Waals surface area contributed by atoms with Crippen LogP contribution in [0.4, 0.5) is 0 Å². The van der Waals surface area contributed by atoms with Crippen molar-refractivity contribution in [2.24, 2.45) is 5.73 Å². The van der Waals surface area contributed by atoms with Gasteiger partial charge in [0.1, 0.15) is 6.61 Å². The van der Waals surface area contributed by atoms with Gasteiger partial charge in [-0.15, -0.1) is 11.6 Å². The van der Waals surface area contributed by atoms with E-state index in [2.05, 4.69) is 11.3 Å². The molecule has 0 aliphatic carbocycles. The van der Waals surface area contributed by atoms with Gasteiger partial charge >= 0.3 is 5.97 Å². The van der Waals surface area contributed by atoms with Gasteiger partial charge in [-0.05, 0) is 19.4 Å². The van der Waals surface area contributed by atoms with Crippen LogP contribution in [0.3, 0.4) is 0 Å². The molecule has 0 saturated heterocycles. The molecule has 0 radical (unpaired) electrons. The van der Waals surface area contributed by atoms with Crippen molar-refractivity contribution >= 4 is 17.6 Å². The molecule has 0 aromatic heterocycles. The van der Waals surface area contributed by atoms with E-state index in [1.165, 1.54) is 5.56 Å². The van der Waals surface area contributed by atoms with Crippen LogP contribution in [0.15, 0.2) is 43.0 Å². The van der Waals surface area contributed by atoms with Gasteiger partial charge in [-0.25, -0.2) is 4.79 Å². The highest BCUT2D eigenvalue weighted by Gasteiger charge is 2.11. The zero-order valence-electron chi connectivity index (χ0n) is 10.9. The normalized spacial score (nSPS) is 10.0. The summed E-state index contributed by atoms with van der Waals surface area (Å²) in [5.41, 5.74) is 6.24. The summed E-state index contributed by atoms with van der Waals surface area (Å²) in [6.07, 6.45) is 1.12. The maximum absolute atomic E-state index is 10.5. The quantitative estimate of drug-likeness (QED) is 0.519. The SMILES string of the molecule is C=CC(=O)OCC(C)(C)N.ClCc1ccccc1. The van der Waals surface area contributed by atoms with E-state index in [-0.39, 0.29) is 6.61 Å². The van der Waals surface area contributed by atoms with Crippen molar-refractivity contribution in [1.29, 1.82) is 0 Å². The van der Waals surface area contributed by atoms with Gasteiger partial charge in [0.15, 0.2) is 0 Å². The van der Waals surface area contributed by atoms with Gasteiger partial charge in [-0.1, -0.05) is 36.9 Å². The first-order valence-corrected chi connectivity index (χ1v) is 6.10. The summed E-state index contributed by atoms with van der Waals surface area (Å²) in [4.78, 5) is 10.5. The molecular formula is C14H20ClNO2. The molecule has 1 rings (SSSR count). The molecule has 0 unspecified atom stereocenters. The van der Waals surface area contributed by atoms with Crippen LogP contribution >= 0.6 is 11.6 Å². The maximum atomic E-state index is 10.5. The van der Waals surface area contributed by atoms with Crippen LogP contribution in [-0.2, 0) is 15.4 Å². The number of alkyl halides is 1. The van der Waals surface area contributed by atoms with E-state index in [0.717, 1.165) is 6.08 Å². The van der Waals surface area contributed by atoms with Crippen LogP contribution in [0.5, 0.6) is 0 Å². The Balaban J connectivity index is 0.000000327. The monoisotopic (exact) mass is 269 g/mol. The highest BCUT2D eigenvalue weighted by Crippen LogP contribution is 2.00. The second kappa shape index (κ2) is 8.72. The Morgan fingerprint density at radius 2 is 2.00 bits per heavy atom. The summed E-state index contributed by atoms with van der Waals surface area (Å²) in [7, 11) is 0. The minimum Gasteiger partial charge on any atom is -0.461 e. The van der Waals surface area contributed by atoms with Crippen molar-refractivity contribution in [1.82, 2.24) is 0 Å². The number of halogens is 1. The summed E-state index contributed by atoms with van der Waals surface area (Å²) in [5, 5.41) is 0. The fourth-order valence-corrected chi connectivity index (χ4v) is 1.06. The van der Waals surface area contributed by atoms with Crippen LogP contribution in [0.1, 0.15) is 19.4 Å². The third-order valence-electron chi connectivity index (χ3n) is 1.75. The largest absolute Gasteiger partial charge is 0.461 e. The minimum absolute atomic E-state index is 0.220. The molecule has 3 nitrogen and oxygen atoms in total. The van der Waals surface area contributed by atoms with E-state index < -0.39 is 11.5 Å². The Morgan fingerprint density at radius 3 is 2.33 bits per heavy atom. The van der Waals surface area contributed by atoms with Gasteiger partial charge in [-0.2, -0.15) is 0 Å². The van der Waals surface area contributed by atoms with Gasteiger partial charge in [0.05, 0.1) is 0 Å². The molecular weight excluding hydrogens is 250 g/mol. The van der Waals surface area contributed by atoms with Crippen molar-refractivity contribution in [2.45, 2.75) is 25.3 Å². The van der Waals surface area contributed by atoms with E-state index in [0.29, 0.717) is 5.88 Å². The molecule has 2 N–H and O–H groups in total. The van der Waals surface area contributed by atoms with Gasteiger partial charge in [-0.3, -0.25) is 0 Å². The van der Waals surface area contributed by atoms with E-state index >= 15 is 0 Å². The summed E-state index contributed by atoms with van der Waals surface area (Å²) in [5.74, 6) is 0.180. The number of carbonyl (C=O) groups excluding carboxylic acids is 1. The number of ether oxygens (including phenoxy) is 1. The van der Waals surface area contributed by atoms with Gasteiger partial charge in [0, 0.05) is 17.5 Å². The molecule has 18 heavy (non-hydrogen) atoms. The third kappa shape index (κ3) is 9.87. The summed E-state index contributed by atoms with van der Waals surface area (Å²) in [6, 6.07) is 9.96. The zero-order valence-corrected chi connectivity index (χ0v) is 11.6. The van der Waals surface area contributed by atoms with Gasteiger partial charge in [0.2, 0.25) is 0 Å². The molecule has 0 atom stereocenters. The number of rotatable bonds is 4. The molecule has 0 amide bonds. The fourth-order valence-electron chi connectivity index (χ4n) is 0.883. The number of hydrogen-bond donors (Lipinski definition) is 1. The van der Waals surface area contributed by atoms with Crippen LogP contribution in [0.2, 0.25) is 0 Å². The standard InChI is InChI=1S/C7H7Cl.C7H13NO2/c8-6-7-4-2-1-3-5-7;1-4-6(9)10-5-7(2,3)8/h1-5H,6H2;4H,1,5,8H2,2-3H3. The van der Waals surface area contributed by atoms with Gasteiger partial charge < -0.3 is 10.5 Å². The van der Waals surface area contributed by atoms with Crippen molar-refractivity contribution in [3.05, 3.63) is 48.6 Å². The Bertz CT molecular complexity index is 358. The number of nitrogens with two attached hydrogens (primary N) is 1. The van der Waals surface area contributed by atoms with Crippen molar-refractivity contribution in [3.63, 3.8) is 0 Å². The second-order valence-corrected chi connectivity index (χ2v) is 4.69. The predicted octanol–water partition coefficient (Wildman–Crippen LogP) is 2.88. The Morgan fingerprint density at radius 1 is 1.44 bits per heavy atom. The topological polar surface area (TPSA) is 52.3 Å². The maximum Gasteiger partial charge on any atom is 0.330 e. The van der Waals surface area contributed by atoms with Crippen LogP contribution in [0.25, 0.3) is 0 Å². The number of carbonyl (C=O) groups is 1. The molecule has 0 bridgehead atoms. The first-order valence-electron chi connectivity index (χ1n) is 5.57. The van der Waals surface area contributed by atoms with Crippen LogP contribution < -0.4 is 5.73 Å². The second-order valence-electron chi connectivity index (χ2n) is 4.42. The lowest BCUT2D eigenvalue weighted by atomic mass is 10.1. The molecule has 1 aromatic carbocycles. The molecule has 4 heteroatoms. The molecule has 0 spiro atoms. The number of esters is 1. The third-order valence-corrected chi connectivity index (χ3v) is 2.06. The predicted molar refractivity (Wildman–Crippen MR) is 75.4 cm³/mol. The first kappa shape index (κ1) is 16.7. The summed E-state index contributed by atoms with van der Waals surface area (Å²) >= 11 is 5.53. The van der Waals surface area contributed by atoms with E-state index in [9.17, 15) is 4.79 Å². The first-order chi connectivity index (χ1) is 8.39. The van der Waals surface area contributed by atoms with Crippen LogP contribution in [0, 0.1) is 0 Å². The smallest absolute Gasteiger partial charge is 0.330 e. The van der Waals surface area contributed by atoms with Crippen molar-refractivity contribution in [3.8, 4) is 0 Å². The average molecular weight is 270 g/mol. The zero-order chi connectivity index (χ0) is 14.0. The van der Waals surface area contributed by atoms with Crippen molar-refractivity contribution < 1.29 is 9.53 Å². The van der Waals surface area contributed by atoms with Gasteiger partial charge in [0.25, 0.3) is 0 Å². The lowest BCUT2D eigenvalue weighted by Gasteiger charge is -2.16. The Hall–Kier alpha value is -1.32. The number of benzene rings is 1. The molecule has 0 fully saturated rings. The highest BCUT2D eigenvalue weighted by atomic mass is 35.5. The molecule has 0 saturated carbocycles. The fraction of sp³-hybridized carbons (Fsp3) is 0.357. The van der Waals surface area contributed by atoms with E-state index in [1.54, 1.807) is 13.8 Å².